The van der Waals surface area contributed by atoms with Crippen molar-refractivity contribution in [1.29, 1.82) is 0 Å². The molecule has 1 aromatic rings. The number of anilines is 2. The number of rotatable bonds is 1. The van der Waals surface area contributed by atoms with E-state index in [1.807, 2.05) is 0 Å². The van der Waals surface area contributed by atoms with E-state index in [1.165, 1.54) is 23.4 Å². The molecule has 2 aliphatic heterocycles. The van der Waals surface area contributed by atoms with Gasteiger partial charge >= 0.3 is 0 Å². The number of nitrogens with one attached hydrogen (secondary N) is 1. The molecule has 1 fully saturated rings. The van der Waals surface area contributed by atoms with Gasteiger partial charge < -0.3 is 10.2 Å². The van der Waals surface area contributed by atoms with Gasteiger partial charge in [0.15, 0.2) is 9.84 Å². The van der Waals surface area contributed by atoms with Crippen LogP contribution in [0.15, 0.2) is 18.2 Å². The van der Waals surface area contributed by atoms with Crippen LogP contribution < -0.4 is 10.2 Å². The molecule has 0 aromatic heterocycles. The first-order valence-corrected chi connectivity index (χ1v) is 8.79. The third kappa shape index (κ3) is 2.71. The van der Waals surface area contributed by atoms with Crippen LogP contribution in [0, 0.1) is 0 Å². The molecule has 19 heavy (non-hydrogen) atoms. The summed E-state index contributed by atoms with van der Waals surface area (Å²) in [7, 11) is -2.84. The Kier molecular flexibility index (Phi) is 3.39. The molecule has 3 rings (SSSR count). The number of benzene rings is 1. The molecule has 0 amide bonds. The van der Waals surface area contributed by atoms with Gasteiger partial charge in [0.05, 0.1) is 22.9 Å². The van der Waals surface area contributed by atoms with Crippen molar-refractivity contribution >= 4 is 21.2 Å². The van der Waals surface area contributed by atoms with Crippen molar-refractivity contribution in [2.75, 3.05) is 41.4 Å². The van der Waals surface area contributed by atoms with Crippen LogP contribution in [-0.2, 0) is 16.3 Å². The smallest absolute Gasteiger partial charge is 0.152 e. The van der Waals surface area contributed by atoms with Crippen LogP contribution in [0.5, 0.6) is 0 Å². The summed E-state index contributed by atoms with van der Waals surface area (Å²) in [6.45, 7) is 2.45. The van der Waals surface area contributed by atoms with Gasteiger partial charge in [-0.05, 0) is 30.9 Å². The summed E-state index contributed by atoms with van der Waals surface area (Å²) in [4.78, 5) is 2.22. The predicted octanol–water partition coefficient (Wildman–Crippen LogP) is 1.67. The Hall–Kier alpha value is -1.23. The highest BCUT2D eigenvalue weighted by Gasteiger charge is 2.22. The van der Waals surface area contributed by atoms with Crippen LogP contribution >= 0.6 is 0 Å². The minimum atomic E-state index is -2.84. The Balaban J connectivity index is 1.90. The molecule has 1 aromatic carbocycles. The second-order valence-electron chi connectivity index (χ2n) is 5.33. The lowest BCUT2D eigenvalue weighted by atomic mass is 10.0. The van der Waals surface area contributed by atoms with Crippen molar-refractivity contribution < 1.29 is 8.42 Å². The van der Waals surface area contributed by atoms with Gasteiger partial charge in [-0.15, -0.1) is 0 Å². The fourth-order valence-corrected chi connectivity index (χ4v) is 4.21. The lowest BCUT2D eigenvalue weighted by Crippen LogP contribution is -2.28. The average molecular weight is 280 g/mol. The van der Waals surface area contributed by atoms with Gasteiger partial charge in [0.1, 0.15) is 0 Å². The van der Waals surface area contributed by atoms with E-state index >= 15 is 0 Å². The first-order valence-electron chi connectivity index (χ1n) is 6.97. The van der Waals surface area contributed by atoms with Gasteiger partial charge in [0.2, 0.25) is 0 Å². The molecule has 1 saturated heterocycles. The van der Waals surface area contributed by atoms with Crippen molar-refractivity contribution in [3.8, 4) is 0 Å². The summed E-state index contributed by atoms with van der Waals surface area (Å²) in [5.41, 5.74) is 3.75. The molecule has 0 unspecified atom stereocenters. The van der Waals surface area contributed by atoms with Crippen LogP contribution in [0.3, 0.4) is 0 Å². The Morgan fingerprint density at radius 1 is 1.11 bits per heavy atom. The highest BCUT2D eigenvalue weighted by Crippen LogP contribution is 2.33. The van der Waals surface area contributed by atoms with E-state index in [0.29, 0.717) is 12.3 Å². The number of hydrogen-bond donors (Lipinski definition) is 1. The van der Waals surface area contributed by atoms with E-state index in [9.17, 15) is 8.42 Å². The fourth-order valence-electron chi connectivity index (χ4n) is 2.93. The standard InChI is InChI=1S/C14H20N2O2S/c17-19(18)10-3-8-16(9-11-19)13-6-1-4-12-5-2-7-15-14(12)13/h1,4,6,15H,2-3,5,7-11H2. The van der Waals surface area contributed by atoms with Crippen LogP contribution in [-0.4, -0.2) is 39.6 Å². The fraction of sp³-hybridized carbons (Fsp3) is 0.571. The van der Waals surface area contributed by atoms with Gasteiger partial charge in [0, 0.05) is 19.6 Å². The highest BCUT2D eigenvalue weighted by molar-refractivity contribution is 7.91. The van der Waals surface area contributed by atoms with Crippen molar-refractivity contribution in [2.24, 2.45) is 0 Å². The first-order chi connectivity index (χ1) is 9.16. The van der Waals surface area contributed by atoms with E-state index in [0.717, 1.165) is 25.9 Å². The van der Waals surface area contributed by atoms with Crippen LogP contribution in [0.1, 0.15) is 18.4 Å². The number of sulfone groups is 1. The molecule has 0 aliphatic carbocycles. The van der Waals surface area contributed by atoms with E-state index < -0.39 is 9.84 Å². The quantitative estimate of drug-likeness (QED) is 0.850. The molecule has 2 heterocycles. The minimum Gasteiger partial charge on any atom is -0.383 e. The summed E-state index contributed by atoms with van der Waals surface area (Å²) in [5.74, 6) is 0.600. The first kappa shape index (κ1) is 12.8. The largest absolute Gasteiger partial charge is 0.383 e. The molecule has 0 saturated carbocycles. The van der Waals surface area contributed by atoms with Crippen molar-refractivity contribution in [2.45, 2.75) is 19.3 Å². The zero-order valence-electron chi connectivity index (χ0n) is 11.1. The minimum absolute atomic E-state index is 0.274. The maximum absolute atomic E-state index is 11.7. The van der Waals surface area contributed by atoms with Crippen LogP contribution in [0.25, 0.3) is 0 Å². The molecule has 0 radical (unpaired) electrons. The summed E-state index contributed by atoms with van der Waals surface area (Å²) in [6.07, 6.45) is 3.01. The molecule has 0 atom stereocenters. The summed E-state index contributed by atoms with van der Waals surface area (Å²) in [6, 6.07) is 6.36. The van der Waals surface area contributed by atoms with E-state index in [1.54, 1.807) is 0 Å². The van der Waals surface area contributed by atoms with Gasteiger partial charge in [-0.3, -0.25) is 0 Å². The molecule has 0 bridgehead atoms. The van der Waals surface area contributed by atoms with Crippen LogP contribution in [0.2, 0.25) is 0 Å². The van der Waals surface area contributed by atoms with E-state index in [-0.39, 0.29) is 5.75 Å². The Bertz CT molecular complexity index is 569. The summed E-state index contributed by atoms with van der Waals surface area (Å²) >= 11 is 0. The Labute approximate surface area is 114 Å². The van der Waals surface area contributed by atoms with Gasteiger partial charge in [0.25, 0.3) is 0 Å². The van der Waals surface area contributed by atoms with Gasteiger partial charge in [-0.1, -0.05) is 12.1 Å². The van der Waals surface area contributed by atoms with Crippen molar-refractivity contribution in [3.63, 3.8) is 0 Å². The molecule has 4 nitrogen and oxygen atoms in total. The van der Waals surface area contributed by atoms with Crippen LogP contribution in [0.4, 0.5) is 11.4 Å². The lowest BCUT2D eigenvalue weighted by Gasteiger charge is -2.29. The second-order valence-corrected chi connectivity index (χ2v) is 7.64. The molecular weight excluding hydrogens is 260 g/mol. The normalized spacial score (nSPS) is 22.2. The zero-order chi connectivity index (χ0) is 13.3. The van der Waals surface area contributed by atoms with Gasteiger partial charge in [-0.25, -0.2) is 8.42 Å². The van der Waals surface area contributed by atoms with Crippen molar-refractivity contribution in [3.05, 3.63) is 23.8 Å². The summed E-state index contributed by atoms with van der Waals surface area (Å²) in [5, 5.41) is 3.48. The maximum Gasteiger partial charge on any atom is 0.152 e. The SMILES string of the molecule is O=S1(=O)CCCN(c2cccc3c2NCCC3)CC1. The molecule has 104 valence electrons. The Morgan fingerprint density at radius 3 is 2.89 bits per heavy atom. The van der Waals surface area contributed by atoms with E-state index in [2.05, 4.69) is 28.4 Å². The molecule has 2 aliphatic rings. The number of fused-ring (bicyclic) bond motifs is 1. The number of nitrogens with zero attached hydrogens (tertiary/aromatic N) is 1. The molecule has 5 heteroatoms. The highest BCUT2D eigenvalue weighted by atomic mass is 32.2. The molecule has 0 spiro atoms. The monoisotopic (exact) mass is 280 g/mol. The topological polar surface area (TPSA) is 49.4 Å². The van der Waals surface area contributed by atoms with Crippen molar-refractivity contribution in [1.82, 2.24) is 0 Å². The average Bonchev–Trinajstić information content (AvgIpc) is 2.59. The number of aryl methyl sites for hydroxylation is 1. The third-order valence-electron chi connectivity index (χ3n) is 3.95. The lowest BCUT2D eigenvalue weighted by molar-refractivity contribution is 0.597. The zero-order valence-corrected chi connectivity index (χ0v) is 11.9. The number of hydrogen-bond acceptors (Lipinski definition) is 4. The maximum atomic E-state index is 11.7. The second kappa shape index (κ2) is 5.04. The third-order valence-corrected chi connectivity index (χ3v) is 5.66. The molecule has 1 N–H and O–H groups in total. The van der Waals surface area contributed by atoms with E-state index in [4.69, 9.17) is 0 Å². The van der Waals surface area contributed by atoms with Gasteiger partial charge in [-0.2, -0.15) is 0 Å². The summed E-state index contributed by atoms with van der Waals surface area (Å²) < 4.78 is 23.4. The number of para-hydroxylation sites is 1. The Morgan fingerprint density at radius 2 is 2.00 bits per heavy atom. The molecular formula is C14H20N2O2S. The predicted molar refractivity (Wildman–Crippen MR) is 78.7 cm³/mol.